The highest BCUT2D eigenvalue weighted by molar-refractivity contribution is 9.10. The number of rotatable bonds is 4. The number of thioether (sulfide) groups is 1. The summed E-state index contributed by atoms with van der Waals surface area (Å²) in [6, 6.07) is 19.3. The largest absolute Gasteiger partial charge is 0.120 e. The number of hydrogen-bond acceptors (Lipinski definition) is 1. The molecular weight excluding hydrogens is 320 g/mol. The van der Waals surface area contributed by atoms with Crippen LogP contribution in [0.2, 0.25) is 13.1 Å². The molecule has 0 heterocycles. The van der Waals surface area contributed by atoms with Gasteiger partial charge in [-0.3, -0.25) is 0 Å². The Morgan fingerprint density at radius 2 is 1.56 bits per heavy atom. The van der Waals surface area contributed by atoms with Crippen LogP contribution >= 0.6 is 27.7 Å². The molecule has 2 rings (SSSR count). The average molecular weight is 336 g/mol. The molecule has 0 aliphatic heterocycles. The fourth-order valence-electron chi connectivity index (χ4n) is 1.81. The topological polar surface area (TPSA) is 0 Å². The van der Waals surface area contributed by atoms with Crippen molar-refractivity contribution in [2.75, 3.05) is 0 Å². The first-order valence-electron chi connectivity index (χ1n) is 5.94. The summed E-state index contributed by atoms with van der Waals surface area (Å²) in [6.45, 7) is 4.76. The second kappa shape index (κ2) is 6.59. The van der Waals surface area contributed by atoms with E-state index in [0.29, 0.717) is 4.87 Å². The van der Waals surface area contributed by atoms with Gasteiger partial charge in [0.15, 0.2) is 0 Å². The van der Waals surface area contributed by atoms with E-state index >= 15 is 0 Å². The van der Waals surface area contributed by atoms with Gasteiger partial charge in [-0.15, -0.1) is 11.8 Å². The minimum atomic E-state index is -0.397. The van der Waals surface area contributed by atoms with Gasteiger partial charge < -0.3 is 0 Å². The maximum absolute atomic E-state index is 3.64. The Balaban J connectivity index is 2.26. The fraction of sp³-hybridized carbons (Fsp3) is 0.200. The van der Waals surface area contributed by atoms with Gasteiger partial charge in [0.25, 0.3) is 0 Å². The van der Waals surface area contributed by atoms with Gasteiger partial charge in [-0.2, -0.15) is 0 Å². The van der Waals surface area contributed by atoms with Crippen LogP contribution in [0.25, 0.3) is 0 Å². The highest BCUT2D eigenvalue weighted by atomic mass is 79.9. The summed E-state index contributed by atoms with van der Waals surface area (Å²) in [7, 11) is -0.397. The van der Waals surface area contributed by atoms with Crippen LogP contribution in [0.3, 0.4) is 0 Å². The number of hydrogen-bond donors (Lipinski definition) is 0. The quantitative estimate of drug-likeness (QED) is 0.519. The smallest absolute Gasteiger partial charge is 0.0635 e. The molecule has 3 heteroatoms. The van der Waals surface area contributed by atoms with Crippen molar-refractivity contribution in [1.82, 2.24) is 0 Å². The normalized spacial score (nSPS) is 12.7. The van der Waals surface area contributed by atoms with E-state index in [-0.39, 0.29) is 0 Å². The molecule has 2 aromatic carbocycles. The van der Waals surface area contributed by atoms with Crippen molar-refractivity contribution in [3.63, 3.8) is 0 Å². The summed E-state index contributed by atoms with van der Waals surface area (Å²) in [5, 5.41) is 0. The lowest BCUT2D eigenvalue weighted by atomic mass is 10.2. The van der Waals surface area contributed by atoms with E-state index < -0.39 is 8.80 Å². The summed E-state index contributed by atoms with van der Waals surface area (Å²) in [4.78, 5) is 1.92. The molecule has 0 amide bonds. The van der Waals surface area contributed by atoms with E-state index in [9.17, 15) is 0 Å². The minimum absolute atomic E-state index is 0.397. The van der Waals surface area contributed by atoms with E-state index in [0.717, 1.165) is 0 Å². The summed E-state index contributed by atoms with van der Waals surface area (Å²) >= 11 is 5.61. The van der Waals surface area contributed by atoms with Crippen LogP contribution in [-0.4, -0.2) is 8.80 Å². The molecule has 0 nitrogen and oxygen atoms in total. The van der Waals surface area contributed by atoms with Crippen molar-refractivity contribution in [2.45, 2.75) is 22.9 Å². The van der Waals surface area contributed by atoms with Crippen LogP contribution in [-0.2, 0) is 0 Å². The Labute approximate surface area is 124 Å². The third-order valence-corrected chi connectivity index (χ3v) is 7.93. The van der Waals surface area contributed by atoms with Gasteiger partial charge in [-0.1, -0.05) is 55.6 Å². The van der Waals surface area contributed by atoms with Crippen LogP contribution < -0.4 is 0 Å². The molecule has 0 bridgehead atoms. The average Bonchev–Trinajstić information content (AvgIpc) is 2.38. The van der Waals surface area contributed by atoms with Crippen molar-refractivity contribution in [1.29, 1.82) is 0 Å². The maximum atomic E-state index is 3.64. The predicted octanol–water partition coefficient (Wildman–Crippen LogP) is 5.58. The standard InChI is InChI=1S/C15H16BrSSi/c1-18(2)15(12-8-4-3-5-9-12)17-14-11-7-6-10-13(14)16/h3-11,15H,1-2H3. The molecule has 1 unspecified atom stereocenters. The fourth-order valence-corrected chi connectivity index (χ4v) is 5.45. The SMILES string of the molecule is C[Si](C)C(Sc1ccccc1Br)c1ccccc1. The van der Waals surface area contributed by atoms with Gasteiger partial charge >= 0.3 is 0 Å². The van der Waals surface area contributed by atoms with E-state index in [1.165, 1.54) is 14.9 Å². The second-order valence-electron chi connectivity index (χ2n) is 4.42. The van der Waals surface area contributed by atoms with Crippen molar-refractivity contribution in [3.05, 3.63) is 64.6 Å². The van der Waals surface area contributed by atoms with Crippen molar-refractivity contribution in [3.8, 4) is 0 Å². The summed E-state index contributed by atoms with van der Waals surface area (Å²) in [5.41, 5.74) is 1.44. The van der Waals surface area contributed by atoms with E-state index in [1.54, 1.807) is 0 Å². The summed E-state index contributed by atoms with van der Waals surface area (Å²) in [5.74, 6) is 0. The predicted molar refractivity (Wildman–Crippen MR) is 86.7 cm³/mol. The Kier molecular flexibility index (Phi) is 5.10. The number of halogens is 1. The second-order valence-corrected chi connectivity index (χ2v) is 9.57. The van der Waals surface area contributed by atoms with Crippen molar-refractivity contribution >= 4 is 36.5 Å². The molecule has 93 valence electrons. The van der Waals surface area contributed by atoms with Crippen molar-refractivity contribution in [2.24, 2.45) is 0 Å². The molecule has 0 fully saturated rings. The Bertz CT molecular complexity index is 499. The van der Waals surface area contributed by atoms with Gasteiger partial charge in [-0.25, -0.2) is 0 Å². The van der Waals surface area contributed by atoms with E-state index in [1.807, 2.05) is 11.8 Å². The van der Waals surface area contributed by atoms with Gasteiger partial charge in [0.05, 0.1) is 8.80 Å². The molecule has 0 spiro atoms. The van der Waals surface area contributed by atoms with Gasteiger partial charge in [-0.05, 0) is 33.6 Å². The lowest BCUT2D eigenvalue weighted by Crippen LogP contribution is -2.12. The Morgan fingerprint density at radius 3 is 2.17 bits per heavy atom. The first kappa shape index (κ1) is 13.9. The van der Waals surface area contributed by atoms with E-state index in [2.05, 4.69) is 83.6 Å². The third kappa shape index (κ3) is 3.50. The molecule has 1 atom stereocenters. The molecule has 0 aliphatic rings. The lowest BCUT2D eigenvalue weighted by Gasteiger charge is -2.20. The molecule has 18 heavy (non-hydrogen) atoms. The highest BCUT2D eigenvalue weighted by Gasteiger charge is 2.19. The lowest BCUT2D eigenvalue weighted by molar-refractivity contribution is 1.29. The zero-order chi connectivity index (χ0) is 13.0. The summed E-state index contributed by atoms with van der Waals surface area (Å²) < 4.78 is 1.19. The Hall–Kier alpha value is -0.513. The monoisotopic (exact) mass is 335 g/mol. The van der Waals surface area contributed by atoms with Crippen LogP contribution in [0.4, 0.5) is 0 Å². The van der Waals surface area contributed by atoms with Gasteiger partial charge in [0.2, 0.25) is 0 Å². The first-order valence-corrected chi connectivity index (χ1v) is 10.2. The first-order chi connectivity index (χ1) is 8.68. The van der Waals surface area contributed by atoms with Gasteiger partial charge in [0, 0.05) is 14.2 Å². The molecule has 0 saturated carbocycles. The van der Waals surface area contributed by atoms with E-state index in [4.69, 9.17) is 0 Å². The van der Waals surface area contributed by atoms with Crippen LogP contribution in [0.1, 0.15) is 10.4 Å². The van der Waals surface area contributed by atoms with Crippen molar-refractivity contribution < 1.29 is 0 Å². The zero-order valence-corrected chi connectivity index (χ0v) is 14.0. The molecule has 0 saturated heterocycles. The van der Waals surface area contributed by atoms with Crippen LogP contribution in [0, 0.1) is 0 Å². The molecule has 0 N–H and O–H groups in total. The molecule has 0 aliphatic carbocycles. The summed E-state index contributed by atoms with van der Waals surface area (Å²) in [6.07, 6.45) is 0. The van der Waals surface area contributed by atoms with Crippen LogP contribution in [0.15, 0.2) is 64.0 Å². The molecule has 2 aromatic rings. The molecule has 1 radical (unpaired) electrons. The zero-order valence-electron chi connectivity index (χ0n) is 10.6. The Morgan fingerprint density at radius 1 is 0.944 bits per heavy atom. The highest BCUT2D eigenvalue weighted by Crippen LogP contribution is 2.40. The third-order valence-electron chi connectivity index (χ3n) is 2.71. The van der Waals surface area contributed by atoms with Gasteiger partial charge in [0.1, 0.15) is 0 Å². The van der Waals surface area contributed by atoms with Crippen LogP contribution in [0.5, 0.6) is 0 Å². The number of benzene rings is 2. The maximum Gasteiger partial charge on any atom is 0.0635 e. The molecule has 0 aromatic heterocycles. The minimum Gasteiger partial charge on any atom is -0.120 e. The molecular formula is C15H16BrSSi.